The quantitative estimate of drug-likeness (QED) is 0.0151. The molecular formula is C42H81N3O9. The van der Waals surface area contributed by atoms with Crippen molar-refractivity contribution in [1.82, 2.24) is 0 Å². The van der Waals surface area contributed by atoms with E-state index in [9.17, 15) is 10.3 Å². The van der Waals surface area contributed by atoms with Crippen molar-refractivity contribution in [3.63, 3.8) is 0 Å². The SMILES string of the molecule is CCCCCCCCCCCCCC[C@H]1OC(C)(C)O[C@H]1[C@H](CO[C@@H](OC(COC(C)=O)[C@H](C)OCCCC)[C@@H](COCCCC)OCCCC)N=[N+]=[N-]. The van der Waals surface area contributed by atoms with Gasteiger partial charge >= 0.3 is 5.97 Å². The highest BCUT2D eigenvalue weighted by Gasteiger charge is 2.45. The molecule has 0 aliphatic carbocycles. The van der Waals surface area contributed by atoms with Gasteiger partial charge in [-0.15, -0.1) is 0 Å². The molecule has 54 heavy (non-hydrogen) atoms. The summed E-state index contributed by atoms with van der Waals surface area (Å²) in [5.74, 6) is -1.24. The normalized spacial score (nSPS) is 19.6. The number of rotatable bonds is 37. The zero-order valence-corrected chi connectivity index (χ0v) is 35.7. The Balaban J connectivity index is 3.07. The Morgan fingerprint density at radius 1 is 0.704 bits per heavy atom. The predicted octanol–water partition coefficient (Wildman–Crippen LogP) is 10.8. The van der Waals surface area contributed by atoms with Gasteiger partial charge in [-0.3, -0.25) is 4.79 Å². The van der Waals surface area contributed by atoms with Gasteiger partial charge in [-0.25, -0.2) is 0 Å². The molecule has 1 aliphatic heterocycles. The Hall–Kier alpha value is -1.50. The molecule has 1 aliphatic rings. The fourth-order valence-corrected chi connectivity index (χ4v) is 6.50. The molecule has 0 radical (unpaired) electrons. The Labute approximate surface area is 329 Å². The lowest BCUT2D eigenvalue weighted by molar-refractivity contribution is -0.259. The van der Waals surface area contributed by atoms with Gasteiger partial charge in [0.1, 0.15) is 18.8 Å². The minimum absolute atomic E-state index is 0.00172. The van der Waals surface area contributed by atoms with Crippen LogP contribution in [-0.4, -0.2) is 94.2 Å². The number of unbranched alkanes of at least 4 members (excludes halogenated alkanes) is 14. The maximum Gasteiger partial charge on any atom is 0.302 e. The molecule has 0 aromatic carbocycles. The van der Waals surface area contributed by atoms with Crippen molar-refractivity contribution < 1.29 is 42.7 Å². The second kappa shape index (κ2) is 32.6. The third kappa shape index (κ3) is 24.2. The van der Waals surface area contributed by atoms with Gasteiger partial charge < -0.3 is 37.9 Å². The number of ether oxygens (including phenoxy) is 8. The molecule has 1 fully saturated rings. The van der Waals surface area contributed by atoms with Crippen molar-refractivity contribution in [2.75, 3.05) is 39.6 Å². The van der Waals surface area contributed by atoms with Crippen LogP contribution in [0.1, 0.15) is 177 Å². The third-order valence-electron chi connectivity index (χ3n) is 9.79. The molecule has 7 atom stereocenters. The lowest BCUT2D eigenvalue weighted by Crippen LogP contribution is -2.47. The lowest BCUT2D eigenvalue weighted by Gasteiger charge is -2.34. The number of nitrogens with zero attached hydrogens (tertiary/aromatic N) is 3. The highest BCUT2D eigenvalue weighted by atomic mass is 16.8. The molecule has 1 rings (SSSR count). The van der Waals surface area contributed by atoms with Crippen LogP contribution in [0.3, 0.4) is 0 Å². The highest BCUT2D eigenvalue weighted by Crippen LogP contribution is 2.34. The Bertz CT molecular complexity index is 952. The summed E-state index contributed by atoms with van der Waals surface area (Å²) in [5.41, 5.74) is 9.69. The summed E-state index contributed by atoms with van der Waals surface area (Å²) < 4.78 is 49.9. The van der Waals surface area contributed by atoms with Crippen molar-refractivity contribution in [3.8, 4) is 0 Å². The first kappa shape index (κ1) is 50.5. The summed E-state index contributed by atoms with van der Waals surface area (Å²) in [6.45, 7) is 17.5. The van der Waals surface area contributed by atoms with Crippen LogP contribution < -0.4 is 0 Å². The molecular weight excluding hydrogens is 690 g/mol. The number of azide groups is 1. The maximum absolute atomic E-state index is 11.9. The molecule has 12 nitrogen and oxygen atoms in total. The Kier molecular flexibility index (Phi) is 30.5. The highest BCUT2D eigenvalue weighted by molar-refractivity contribution is 5.65. The molecule has 1 unspecified atom stereocenters. The number of hydrogen-bond donors (Lipinski definition) is 0. The molecule has 12 heteroatoms. The van der Waals surface area contributed by atoms with E-state index in [1.54, 1.807) is 0 Å². The summed E-state index contributed by atoms with van der Waals surface area (Å²) in [4.78, 5) is 15.1. The van der Waals surface area contributed by atoms with Crippen molar-refractivity contribution in [2.45, 2.75) is 226 Å². The largest absolute Gasteiger partial charge is 0.463 e. The van der Waals surface area contributed by atoms with E-state index in [2.05, 4.69) is 37.7 Å². The molecule has 0 N–H and O–H groups in total. The van der Waals surface area contributed by atoms with Crippen LogP contribution in [-0.2, 0) is 42.7 Å². The van der Waals surface area contributed by atoms with E-state index in [4.69, 9.17) is 37.9 Å². The molecule has 0 spiro atoms. The number of carbonyl (C=O) groups excluding carboxylic acids is 1. The van der Waals surface area contributed by atoms with Crippen LogP contribution in [0.2, 0.25) is 0 Å². The summed E-state index contributed by atoms with van der Waals surface area (Å²) in [7, 11) is 0. The molecule has 0 bridgehead atoms. The summed E-state index contributed by atoms with van der Waals surface area (Å²) in [5, 5.41) is 4.18. The fourth-order valence-electron chi connectivity index (χ4n) is 6.50. The van der Waals surface area contributed by atoms with Gasteiger partial charge in [0.2, 0.25) is 0 Å². The van der Waals surface area contributed by atoms with Gasteiger partial charge in [-0.05, 0) is 52.0 Å². The standard InChI is InChI=1S/C42H81N3O9/c1-9-13-17-18-19-20-21-22-23-24-25-26-27-37-40(54-42(7,8)53-37)36(44-45-43)31-51-41(39(49-30-16-12-4)32-47-28-14-10-2)52-38(33-50-35(6)46)34(5)48-29-15-11-3/h34,36-41H,9-33H2,1-8H3/t34-,36-,37+,38?,39+,40-,41-/m0/s1. The van der Waals surface area contributed by atoms with Gasteiger partial charge in [-0.2, -0.15) is 0 Å². The van der Waals surface area contributed by atoms with Gasteiger partial charge in [0, 0.05) is 31.7 Å². The van der Waals surface area contributed by atoms with Gasteiger partial charge in [-0.1, -0.05) is 129 Å². The summed E-state index contributed by atoms with van der Waals surface area (Å²) in [6, 6.07) is -0.687. The van der Waals surface area contributed by atoms with Gasteiger partial charge in [0.05, 0.1) is 37.6 Å². The average Bonchev–Trinajstić information content (AvgIpc) is 3.45. The molecule has 0 aromatic rings. The van der Waals surface area contributed by atoms with E-state index >= 15 is 0 Å². The second-order valence-corrected chi connectivity index (χ2v) is 15.4. The first-order chi connectivity index (χ1) is 26.1. The van der Waals surface area contributed by atoms with Crippen molar-refractivity contribution >= 4 is 5.97 Å². The second-order valence-electron chi connectivity index (χ2n) is 15.4. The van der Waals surface area contributed by atoms with E-state index in [0.29, 0.717) is 19.8 Å². The van der Waals surface area contributed by atoms with E-state index in [1.807, 2.05) is 20.8 Å². The van der Waals surface area contributed by atoms with Gasteiger partial charge in [0.25, 0.3) is 0 Å². The smallest absolute Gasteiger partial charge is 0.302 e. The summed E-state index contributed by atoms with van der Waals surface area (Å²) >= 11 is 0. The number of hydrogen-bond acceptors (Lipinski definition) is 10. The number of carbonyl (C=O) groups is 1. The van der Waals surface area contributed by atoms with E-state index < -0.39 is 48.5 Å². The summed E-state index contributed by atoms with van der Waals surface area (Å²) in [6.07, 6.45) is 18.4. The lowest BCUT2D eigenvalue weighted by atomic mass is 10.00. The van der Waals surface area contributed by atoms with Crippen LogP contribution in [0.25, 0.3) is 10.4 Å². The first-order valence-corrected chi connectivity index (χ1v) is 21.7. The van der Waals surface area contributed by atoms with Gasteiger partial charge in [0.15, 0.2) is 12.1 Å². The monoisotopic (exact) mass is 772 g/mol. The third-order valence-corrected chi connectivity index (χ3v) is 9.79. The van der Waals surface area contributed by atoms with Crippen LogP contribution in [0.15, 0.2) is 5.11 Å². The van der Waals surface area contributed by atoms with E-state index in [1.165, 1.54) is 71.1 Å². The van der Waals surface area contributed by atoms with Crippen LogP contribution in [0.4, 0.5) is 0 Å². The van der Waals surface area contributed by atoms with Crippen molar-refractivity contribution in [2.24, 2.45) is 5.11 Å². The van der Waals surface area contributed by atoms with Crippen molar-refractivity contribution in [3.05, 3.63) is 10.4 Å². The fraction of sp³-hybridized carbons (Fsp3) is 0.976. The topological polar surface area (TPSA) is 140 Å². The van der Waals surface area contributed by atoms with Crippen LogP contribution >= 0.6 is 0 Å². The first-order valence-electron chi connectivity index (χ1n) is 21.7. The molecule has 0 aromatic heterocycles. The number of esters is 1. The zero-order chi connectivity index (χ0) is 39.9. The predicted molar refractivity (Wildman–Crippen MR) is 214 cm³/mol. The minimum Gasteiger partial charge on any atom is -0.463 e. The zero-order valence-electron chi connectivity index (χ0n) is 35.7. The average molecular weight is 772 g/mol. The van der Waals surface area contributed by atoms with E-state index in [-0.39, 0.29) is 25.9 Å². The van der Waals surface area contributed by atoms with Crippen LogP contribution in [0, 0.1) is 0 Å². The molecule has 318 valence electrons. The maximum atomic E-state index is 11.9. The molecule has 1 heterocycles. The van der Waals surface area contributed by atoms with Crippen LogP contribution in [0.5, 0.6) is 0 Å². The van der Waals surface area contributed by atoms with E-state index in [0.717, 1.165) is 57.8 Å². The molecule has 0 saturated carbocycles. The Morgan fingerprint density at radius 3 is 1.83 bits per heavy atom. The molecule has 1 saturated heterocycles. The van der Waals surface area contributed by atoms with Crippen molar-refractivity contribution in [1.29, 1.82) is 0 Å². The Morgan fingerprint density at radius 2 is 1.26 bits per heavy atom. The molecule has 0 amide bonds. The minimum atomic E-state index is -0.942.